The molecule has 3 rings (SSSR count). The Balaban J connectivity index is 2.08. The molecule has 0 aromatic heterocycles. The van der Waals surface area contributed by atoms with E-state index < -0.39 is 0 Å². The van der Waals surface area contributed by atoms with Gasteiger partial charge in [0.25, 0.3) is 0 Å². The van der Waals surface area contributed by atoms with Crippen molar-refractivity contribution >= 4 is 10.8 Å². The van der Waals surface area contributed by atoms with Gasteiger partial charge in [0.15, 0.2) is 0 Å². The molecular formula is C15H17N. The molecule has 2 aromatic rings. The van der Waals surface area contributed by atoms with Crippen molar-refractivity contribution in [1.82, 2.24) is 5.32 Å². The Hall–Kier alpha value is -1.34. The fraction of sp³-hybridized carbons (Fsp3) is 0.333. The average Bonchev–Trinajstić information content (AvgIpc) is 2.39. The molecule has 0 saturated carbocycles. The highest BCUT2D eigenvalue weighted by Crippen LogP contribution is 2.29. The van der Waals surface area contributed by atoms with Crippen LogP contribution in [0.4, 0.5) is 0 Å². The van der Waals surface area contributed by atoms with Crippen LogP contribution in [0, 0.1) is 0 Å². The molecule has 0 bridgehead atoms. The van der Waals surface area contributed by atoms with Crippen molar-refractivity contribution in [1.29, 1.82) is 0 Å². The molecule has 1 heteroatoms. The summed E-state index contributed by atoms with van der Waals surface area (Å²) in [6, 6.07) is 15.4. The van der Waals surface area contributed by atoms with E-state index in [1.807, 2.05) is 0 Å². The molecule has 0 spiro atoms. The van der Waals surface area contributed by atoms with Crippen LogP contribution in [0.1, 0.15) is 24.3 Å². The highest BCUT2D eigenvalue weighted by Gasteiger charge is 2.16. The van der Waals surface area contributed by atoms with Crippen LogP contribution in [-0.4, -0.2) is 13.1 Å². The van der Waals surface area contributed by atoms with Crippen LogP contribution in [0.2, 0.25) is 0 Å². The van der Waals surface area contributed by atoms with E-state index in [0.717, 1.165) is 6.54 Å². The number of benzene rings is 2. The Morgan fingerprint density at radius 1 is 1.00 bits per heavy atom. The first-order valence-corrected chi connectivity index (χ1v) is 6.13. The van der Waals surface area contributed by atoms with Gasteiger partial charge < -0.3 is 5.32 Å². The smallest absolute Gasteiger partial charge is 0.00203 e. The van der Waals surface area contributed by atoms with Gasteiger partial charge in [0.2, 0.25) is 0 Å². The summed E-state index contributed by atoms with van der Waals surface area (Å²) in [5.74, 6) is 0.694. The van der Waals surface area contributed by atoms with Gasteiger partial charge in [-0.2, -0.15) is 0 Å². The molecule has 2 aromatic carbocycles. The molecule has 1 atom stereocenters. The van der Waals surface area contributed by atoms with E-state index >= 15 is 0 Å². The van der Waals surface area contributed by atoms with E-state index in [2.05, 4.69) is 47.8 Å². The van der Waals surface area contributed by atoms with Gasteiger partial charge in [0.1, 0.15) is 0 Å². The predicted molar refractivity (Wildman–Crippen MR) is 68.8 cm³/mol. The van der Waals surface area contributed by atoms with Crippen molar-refractivity contribution in [3.8, 4) is 0 Å². The maximum Gasteiger partial charge on any atom is 0.00203 e. The van der Waals surface area contributed by atoms with Crippen molar-refractivity contribution in [2.75, 3.05) is 13.1 Å². The largest absolute Gasteiger partial charge is 0.316 e. The molecule has 1 saturated heterocycles. The molecular weight excluding hydrogens is 194 g/mol. The Bertz CT molecular complexity index is 478. The number of nitrogens with one attached hydrogen (secondary N) is 1. The molecule has 0 aliphatic carbocycles. The highest BCUT2D eigenvalue weighted by atomic mass is 14.9. The van der Waals surface area contributed by atoms with Crippen LogP contribution in [0.15, 0.2) is 42.5 Å². The van der Waals surface area contributed by atoms with Crippen LogP contribution in [0.3, 0.4) is 0 Å². The van der Waals surface area contributed by atoms with Gasteiger partial charge in [-0.25, -0.2) is 0 Å². The van der Waals surface area contributed by atoms with Gasteiger partial charge in [0.05, 0.1) is 0 Å². The summed E-state index contributed by atoms with van der Waals surface area (Å²) in [6.45, 7) is 2.31. The second kappa shape index (κ2) is 4.26. The standard InChI is InChI=1S/C15H17N/c1-2-8-14-12(5-1)6-3-9-15(14)13-7-4-10-16-11-13/h1-3,5-6,8-9,13,16H,4,7,10-11H2/t13-/m0/s1. The molecule has 82 valence electrons. The average molecular weight is 211 g/mol. The fourth-order valence-corrected chi connectivity index (χ4v) is 2.72. The van der Waals surface area contributed by atoms with Gasteiger partial charge in [-0.15, -0.1) is 0 Å². The first-order valence-electron chi connectivity index (χ1n) is 6.13. The zero-order valence-corrected chi connectivity index (χ0v) is 9.45. The van der Waals surface area contributed by atoms with Gasteiger partial charge >= 0.3 is 0 Å². The zero-order valence-electron chi connectivity index (χ0n) is 9.45. The molecule has 1 N–H and O–H groups in total. The Kier molecular flexibility index (Phi) is 2.63. The third kappa shape index (κ3) is 1.72. The Labute approximate surface area is 96.5 Å². The second-order valence-electron chi connectivity index (χ2n) is 4.61. The summed E-state index contributed by atoms with van der Waals surface area (Å²) in [5, 5.41) is 6.29. The summed E-state index contributed by atoms with van der Waals surface area (Å²) in [5.41, 5.74) is 1.52. The van der Waals surface area contributed by atoms with Crippen LogP contribution < -0.4 is 5.32 Å². The van der Waals surface area contributed by atoms with E-state index in [-0.39, 0.29) is 0 Å². The minimum absolute atomic E-state index is 0.694. The maximum absolute atomic E-state index is 3.50. The monoisotopic (exact) mass is 211 g/mol. The lowest BCUT2D eigenvalue weighted by atomic mass is 9.88. The highest BCUT2D eigenvalue weighted by molar-refractivity contribution is 5.86. The van der Waals surface area contributed by atoms with E-state index in [0.29, 0.717) is 5.92 Å². The first kappa shape index (κ1) is 9.86. The van der Waals surface area contributed by atoms with Crippen molar-refractivity contribution in [2.24, 2.45) is 0 Å². The van der Waals surface area contributed by atoms with E-state index in [9.17, 15) is 0 Å². The minimum Gasteiger partial charge on any atom is -0.316 e. The lowest BCUT2D eigenvalue weighted by molar-refractivity contribution is 0.463. The number of piperidine rings is 1. The van der Waals surface area contributed by atoms with Crippen LogP contribution >= 0.6 is 0 Å². The lowest BCUT2D eigenvalue weighted by Gasteiger charge is -2.24. The summed E-state index contributed by atoms with van der Waals surface area (Å²) < 4.78 is 0. The zero-order chi connectivity index (χ0) is 10.8. The van der Waals surface area contributed by atoms with Gasteiger partial charge in [-0.1, -0.05) is 42.5 Å². The second-order valence-corrected chi connectivity index (χ2v) is 4.61. The molecule has 1 nitrogen and oxygen atoms in total. The number of hydrogen-bond acceptors (Lipinski definition) is 1. The van der Waals surface area contributed by atoms with Crippen molar-refractivity contribution in [3.63, 3.8) is 0 Å². The lowest BCUT2D eigenvalue weighted by Crippen LogP contribution is -2.28. The quantitative estimate of drug-likeness (QED) is 0.763. The van der Waals surface area contributed by atoms with E-state index in [1.54, 1.807) is 0 Å². The van der Waals surface area contributed by atoms with Gasteiger partial charge in [-0.3, -0.25) is 0 Å². The van der Waals surface area contributed by atoms with Crippen molar-refractivity contribution < 1.29 is 0 Å². The number of hydrogen-bond donors (Lipinski definition) is 1. The first-order chi connectivity index (χ1) is 7.95. The van der Waals surface area contributed by atoms with Gasteiger partial charge in [-0.05, 0) is 41.6 Å². The van der Waals surface area contributed by atoms with Crippen molar-refractivity contribution in [2.45, 2.75) is 18.8 Å². The Morgan fingerprint density at radius 2 is 1.88 bits per heavy atom. The number of fused-ring (bicyclic) bond motifs is 1. The summed E-state index contributed by atoms with van der Waals surface area (Å²) in [4.78, 5) is 0. The van der Waals surface area contributed by atoms with Crippen LogP contribution in [0.25, 0.3) is 10.8 Å². The van der Waals surface area contributed by atoms with Crippen molar-refractivity contribution in [3.05, 3.63) is 48.0 Å². The fourth-order valence-electron chi connectivity index (χ4n) is 2.72. The third-order valence-corrected chi connectivity index (χ3v) is 3.56. The summed E-state index contributed by atoms with van der Waals surface area (Å²) >= 11 is 0. The third-order valence-electron chi connectivity index (χ3n) is 3.56. The molecule has 1 aliphatic heterocycles. The summed E-state index contributed by atoms with van der Waals surface area (Å²) in [6.07, 6.45) is 2.62. The van der Waals surface area contributed by atoms with E-state index in [1.165, 1.54) is 35.7 Å². The van der Waals surface area contributed by atoms with Crippen LogP contribution in [0.5, 0.6) is 0 Å². The molecule has 0 unspecified atom stereocenters. The molecule has 1 fully saturated rings. The molecule has 1 aliphatic rings. The number of rotatable bonds is 1. The normalized spacial score (nSPS) is 21.1. The predicted octanol–water partition coefficient (Wildman–Crippen LogP) is 3.31. The van der Waals surface area contributed by atoms with Crippen LogP contribution in [-0.2, 0) is 0 Å². The Morgan fingerprint density at radius 3 is 2.75 bits per heavy atom. The topological polar surface area (TPSA) is 12.0 Å². The molecule has 16 heavy (non-hydrogen) atoms. The SMILES string of the molecule is c1ccc2c([C@H]3CCCNC3)cccc2c1. The van der Waals surface area contributed by atoms with Gasteiger partial charge in [0, 0.05) is 6.54 Å². The molecule has 1 heterocycles. The van der Waals surface area contributed by atoms with E-state index in [4.69, 9.17) is 0 Å². The minimum atomic E-state index is 0.694. The molecule has 0 amide bonds. The molecule has 0 radical (unpaired) electrons. The summed E-state index contributed by atoms with van der Waals surface area (Å²) in [7, 11) is 0. The maximum atomic E-state index is 3.50.